The van der Waals surface area contributed by atoms with E-state index in [1.165, 1.54) is 6.92 Å². The minimum atomic E-state index is -0.919. The summed E-state index contributed by atoms with van der Waals surface area (Å²) in [5.74, 6) is 0.289. The van der Waals surface area contributed by atoms with E-state index >= 15 is 0 Å². The molecule has 0 amide bonds. The SMILES string of the molecule is [B]P(C)O[C@H](CC(O)CC(C)=O)C(C)C. The van der Waals surface area contributed by atoms with Gasteiger partial charge < -0.3 is 9.63 Å². The Morgan fingerprint density at radius 3 is 2.40 bits per heavy atom. The molecule has 0 aliphatic heterocycles. The third-order valence-corrected chi connectivity index (χ3v) is 2.68. The Bertz CT molecular complexity index is 197. The molecular formula is C10H20BO3P. The van der Waals surface area contributed by atoms with Crippen LogP contribution in [0, 0.1) is 5.92 Å². The maximum Gasteiger partial charge on any atom is 0.148 e. The first kappa shape index (κ1) is 15.1. The molecule has 0 aliphatic rings. The van der Waals surface area contributed by atoms with E-state index in [0.29, 0.717) is 12.3 Å². The average molecular weight is 230 g/mol. The summed E-state index contributed by atoms with van der Waals surface area (Å²) in [6, 6.07) is 0. The molecule has 86 valence electrons. The van der Waals surface area contributed by atoms with Gasteiger partial charge in [-0.2, -0.15) is 0 Å². The van der Waals surface area contributed by atoms with Crippen molar-refractivity contribution < 1.29 is 14.4 Å². The third-order valence-electron chi connectivity index (χ3n) is 2.07. The third kappa shape index (κ3) is 7.95. The normalized spacial score (nSPS) is 17.5. The molecule has 3 nitrogen and oxygen atoms in total. The molecule has 1 N–H and O–H groups in total. The quantitative estimate of drug-likeness (QED) is 0.536. The Morgan fingerprint density at radius 1 is 1.53 bits per heavy atom. The average Bonchev–Trinajstić information content (AvgIpc) is 1.99. The molecule has 0 aromatic carbocycles. The van der Waals surface area contributed by atoms with Gasteiger partial charge in [0.25, 0.3) is 0 Å². The molecule has 0 rings (SSSR count). The molecule has 0 fully saturated rings. The van der Waals surface area contributed by atoms with Gasteiger partial charge in [-0.15, -0.1) is 0 Å². The summed E-state index contributed by atoms with van der Waals surface area (Å²) in [6.07, 6.45) is -0.0229. The van der Waals surface area contributed by atoms with Crippen molar-refractivity contribution in [3.63, 3.8) is 0 Å². The van der Waals surface area contributed by atoms with Crippen LogP contribution in [0.25, 0.3) is 0 Å². The number of carbonyl (C=O) groups is 1. The van der Waals surface area contributed by atoms with Crippen LogP contribution in [0.5, 0.6) is 0 Å². The Balaban J connectivity index is 4.09. The first-order valence-corrected chi connectivity index (χ1v) is 6.93. The highest BCUT2D eigenvalue weighted by Crippen LogP contribution is 2.31. The zero-order valence-electron chi connectivity index (χ0n) is 9.93. The lowest BCUT2D eigenvalue weighted by Gasteiger charge is -2.26. The van der Waals surface area contributed by atoms with Gasteiger partial charge >= 0.3 is 0 Å². The number of aliphatic hydroxyl groups is 1. The van der Waals surface area contributed by atoms with E-state index < -0.39 is 14.1 Å². The highest BCUT2D eigenvalue weighted by molar-refractivity contribution is 7.77. The van der Waals surface area contributed by atoms with Gasteiger partial charge in [0.1, 0.15) is 13.3 Å². The van der Waals surface area contributed by atoms with Crippen molar-refractivity contribution in [2.24, 2.45) is 5.92 Å². The lowest BCUT2D eigenvalue weighted by molar-refractivity contribution is -0.119. The lowest BCUT2D eigenvalue weighted by atomic mass is 9.99. The van der Waals surface area contributed by atoms with E-state index in [-0.39, 0.29) is 18.3 Å². The van der Waals surface area contributed by atoms with Gasteiger partial charge in [0.2, 0.25) is 0 Å². The van der Waals surface area contributed by atoms with Gasteiger partial charge in [-0.3, -0.25) is 4.79 Å². The van der Waals surface area contributed by atoms with Gasteiger partial charge in [-0.25, -0.2) is 0 Å². The van der Waals surface area contributed by atoms with E-state index in [0.717, 1.165) is 0 Å². The summed E-state index contributed by atoms with van der Waals surface area (Å²) >= 11 is 0. The number of rotatable bonds is 7. The largest absolute Gasteiger partial charge is 0.393 e. The first-order chi connectivity index (χ1) is 6.82. The number of hydrogen-bond acceptors (Lipinski definition) is 3. The minimum Gasteiger partial charge on any atom is -0.393 e. The second-order valence-electron chi connectivity index (χ2n) is 4.23. The zero-order valence-corrected chi connectivity index (χ0v) is 10.8. The highest BCUT2D eigenvalue weighted by Gasteiger charge is 2.20. The summed E-state index contributed by atoms with van der Waals surface area (Å²) in [7, 11) is 4.68. The molecule has 0 saturated carbocycles. The maximum atomic E-state index is 10.8. The molecule has 0 saturated heterocycles. The van der Waals surface area contributed by atoms with E-state index in [1.807, 2.05) is 20.5 Å². The fourth-order valence-electron chi connectivity index (χ4n) is 1.33. The van der Waals surface area contributed by atoms with Crippen LogP contribution in [0.1, 0.15) is 33.6 Å². The maximum absolute atomic E-state index is 10.8. The van der Waals surface area contributed by atoms with Crippen LogP contribution in [0.15, 0.2) is 0 Å². The Hall–Kier alpha value is 0.0849. The second kappa shape index (κ2) is 7.37. The van der Waals surface area contributed by atoms with E-state index in [2.05, 4.69) is 0 Å². The molecule has 0 heterocycles. The molecule has 0 aromatic heterocycles. The van der Waals surface area contributed by atoms with Crippen molar-refractivity contribution in [1.82, 2.24) is 0 Å². The van der Waals surface area contributed by atoms with Crippen LogP contribution in [0.2, 0.25) is 0 Å². The fourth-order valence-corrected chi connectivity index (χ4v) is 2.09. The number of aliphatic hydroxyl groups excluding tert-OH is 1. The van der Waals surface area contributed by atoms with Gasteiger partial charge in [0, 0.05) is 12.8 Å². The van der Waals surface area contributed by atoms with Gasteiger partial charge in [-0.05, 0) is 27.5 Å². The summed E-state index contributed by atoms with van der Waals surface area (Å²) in [5.41, 5.74) is 0. The van der Waals surface area contributed by atoms with Gasteiger partial charge in [0.05, 0.1) is 12.2 Å². The topological polar surface area (TPSA) is 46.5 Å². The minimum absolute atomic E-state index is 0.00322. The summed E-state index contributed by atoms with van der Waals surface area (Å²) in [5, 5.41) is 9.62. The van der Waals surface area contributed by atoms with Crippen LogP contribution < -0.4 is 0 Å². The predicted molar refractivity (Wildman–Crippen MR) is 64.2 cm³/mol. The van der Waals surface area contributed by atoms with Crippen LogP contribution in [0.3, 0.4) is 0 Å². The molecular weight excluding hydrogens is 210 g/mol. The zero-order chi connectivity index (χ0) is 12.0. The number of Topliss-reactive ketones (excluding diaryl/α,β-unsaturated/α-hetero) is 1. The molecule has 15 heavy (non-hydrogen) atoms. The standard InChI is InChI=1S/C10H20BO3P/c1-7(2)10(14-15(4)11)6-9(13)5-8(3)12/h7,9-10,13H,5-6H2,1-4H3/t9?,10-,15?/m1/s1. The smallest absolute Gasteiger partial charge is 0.148 e. The Labute approximate surface area is 94.8 Å². The molecule has 0 bridgehead atoms. The van der Waals surface area contributed by atoms with Crippen molar-refractivity contribution in [2.45, 2.75) is 45.8 Å². The van der Waals surface area contributed by atoms with E-state index in [4.69, 9.17) is 12.1 Å². The molecule has 3 atom stereocenters. The van der Waals surface area contributed by atoms with Crippen molar-refractivity contribution in [3.8, 4) is 0 Å². The van der Waals surface area contributed by atoms with Crippen LogP contribution >= 0.6 is 8.03 Å². The molecule has 0 spiro atoms. The number of ketones is 1. The van der Waals surface area contributed by atoms with Crippen molar-refractivity contribution in [1.29, 1.82) is 0 Å². The van der Waals surface area contributed by atoms with Crippen LogP contribution in [-0.4, -0.2) is 37.3 Å². The van der Waals surface area contributed by atoms with E-state index in [9.17, 15) is 9.90 Å². The fraction of sp³-hybridized carbons (Fsp3) is 0.900. The molecule has 0 aromatic rings. The van der Waals surface area contributed by atoms with Crippen LogP contribution in [-0.2, 0) is 9.32 Å². The molecule has 2 radical (unpaired) electrons. The summed E-state index contributed by atoms with van der Waals surface area (Å²) in [4.78, 5) is 10.8. The van der Waals surface area contributed by atoms with Gasteiger partial charge in [0.15, 0.2) is 0 Å². The van der Waals surface area contributed by atoms with Crippen molar-refractivity contribution in [2.75, 3.05) is 6.66 Å². The Morgan fingerprint density at radius 2 is 2.07 bits per heavy atom. The monoisotopic (exact) mass is 230 g/mol. The second-order valence-corrected chi connectivity index (χ2v) is 5.53. The Kier molecular flexibility index (Phi) is 7.42. The summed E-state index contributed by atoms with van der Waals surface area (Å²) < 4.78 is 5.54. The first-order valence-electron chi connectivity index (χ1n) is 5.15. The number of carbonyl (C=O) groups excluding carboxylic acids is 1. The van der Waals surface area contributed by atoms with Crippen molar-refractivity contribution >= 4 is 21.4 Å². The van der Waals surface area contributed by atoms with Gasteiger partial charge in [-0.1, -0.05) is 13.8 Å². The lowest BCUT2D eigenvalue weighted by Crippen LogP contribution is -2.25. The summed E-state index contributed by atoms with van der Waals surface area (Å²) in [6.45, 7) is 7.33. The van der Waals surface area contributed by atoms with Crippen molar-refractivity contribution in [3.05, 3.63) is 0 Å². The van der Waals surface area contributed by atoms with Crippen LogP contribution in [0.4, 0.5) is 0 Å². The molecule has 0 aliphatic carbocycles. The predicted octanol–water partition coefficient (Wildman–Crippen LogP) is 1.87. The highest BCUT2D eigenvalue weighted by atomic mass is 31.1. The number of hydrogen-bond donors (Lipinski definition) is 1. The van der Waals surface area contributed by atoms with E-state index in [1.54, 1.807) is 0 Å². The molecule has 5 heteroatoms. The molecule has 2 unspecified atom stereocenters.